The number of anilines is 1. The predicted molar refractivity (Wildman–Crippen MR) is 139 cm³/mol. The molecule has 186 valence electrons. The fourth-order valence-corrected chi connectivity index (χ4v) is 5.21. The summed E-state index contributed by atoms with van der Waals surface area (Å²) in [6.07, 6.45) is 1.44. The number of thiazole rings is 1. The lowest BCUT2D eigenvalue weighted by Crippen LogP contribution is -2.31. The Bertz CT molecular complexity index is 1570. The van der Waals surface area contributed by atoms with Crippen molar-refractivity contribution >= 4 is 56.7 Å². The minimum absolute atomic E-state index is 0.0139. The molecule has 0 bridgehead atoms. The number of nitrogens with zero attached hydrogens (tertiary/aromatic N) is 2. The van der Waals surface area contributed by atoms with Crippen LogP contribution in [0.5, 0.6) is 0 Å². The third kappa shape index (κ3) is 4.32. The van der Waals surface area contributed by atoms with Crippen molar-refractivity contribution in [1.29, 1.82) is 0 Å². The molecule has 1 aliphatic rings. The van der Waals surface area contributed by atoms with E-state index >= 15 is 0 Å². The van der Waals surface area contributed by atoms with E-state index in [1.165, 1.54) is 11.0 Å². The molecule has 5 rings (SSSR count). The number of furan rings is 1. The van der Waals surface area contributed by atoms with Crippen molar-refractivity contribution in [2.24, 2.45) is 0 Å². The maximum atomic E-state index is 13.7. The molecular formula is C27H19ClN2O6S. The highest BCUT2D eigenvalue weighted by Gasteiger charge is 2.47. The number of halogens is 1. The van der Waals surface area contributed by atoms with Crippen molar-refractivity contribution < 1.29 is 28.6 Å². The highest BCUT2D eigenvalue weighted by molar-refractivity contribution is 7.17. The number of ketones is 1. The Morgan fingerprint density at radius 2 is 1.97 bits per heavy atom. The molecule has 0 spiro atoms. The molecule has 2 aromatic carbocycles. The summed E-state index contributed by atoms with van der Waals surface area (Å²) < 4.78 is 10.9. The number of amides is 1. The smallest absolute Gasteiger partial charge is 0.350 e. The third-order valence-electron chi connectivity index (χ3n) is 5.80. The largest absolute Gasteiger partial charge is 0.503 e. The molecule has 1 amide bonds. The number of ether oxygens (including phenoxy) is 1. The fourth-order valence-electron chi connectivity index (χ4n) is 4.10. The van der Waals surface area contributed by atoms with E-state index in [9.17, 15) is 19.5 Å². The Hall–Kier alpha value is -4.21. The van der Waals surface area contributed by atoms with Gasteiger partial charge < -0.3 is 14.3 Å². The van der Waals surface area contributed by atoms with Gasteiger partial charge in [-0.3, -0.25) is 14.5 Å². The van der Waals surface area contributed by atoms with Crippen LogP contribution in [0.25, 0.3) is 11.0 Å². The molecule has 37 heavy (non-hydrogen) atoms. The molecule has 8 nitrogen and oxygen atoms in total. The van der Waals surface area contributed by atoms with Gasteiger partial charge in [0.05, 0.1) is 17.3 Å². The normalized spacial score (nSPS) is 15.5. The number of Topliss-reactive ketones (excluding diaryl/α,β-unsaturated/α-hetero) is 1. The monoisotopic (exact) mass is 534 g/mol. The predicted octanol–water partition coefficient (Wildman–Crippen LogP) is 5.98. The van der Waals surface area contributed by atoms with Crippen LogP contribution in [0.2, 0.25) is 5.02 Å². The van der Waals surface area contributed by atoms with Crippen LogP contribution in [0.3, 0.4) is 0 Å². The second-order valence-electron chi connectivity index (χ2n) is 8.17. The van der Waals surface area contributed by atoms with Gasteiger partial charge >= 0.3 is 5.97 Å². The number of aryl methyl sites for hydroxylation is 1. The Morgan fingerprint density at radius 3 is 2.68 bits per heavy atom. The van der Waals surface area contributed by atoms with Crippen molar-refractivity contribution in [2.45, 2.75) is 13.0 Å². The highest BCUT2D eigenvalue weighted by Crippen LogP contribution is 2.44. The zero-order valence-electron chi connectivity index (χ0n) is 19.4. The van der Waals surface area contributed by atoms with E-state index in [1.54, 1.807) is 55.5 Å². The number of benzene rings is 2. The van der Waals surface area contributed by atoms with Crippen molar-refractivity contribution in [3.63, 3.8) is 0 Å². The number of hydrogen-bond donors (Lipinski definition) is 1. The van der Waals surface area contributed by atoms with E-state index in [0.717, 1.165) is 11.3 Å². The molecule has 10 heteroatoms. The number of aliphatic hydroxyl groups excluding tert-OH is 1. The maximum Gasteiger partial charge on any atom is 0.350 e. The van der Waals surface area contributed by atoms with Crippen molar-refractivity contribution in [2.75, 3.05) is 11.5 Å². The van der Waals surface area contributed by atoms with Crippen LogP contribution in [0.4, 0.5) is 5.13 Å². The molecule has 1 N–H and O–H groups in total. The zero-order valence-corrected chi connectivity index (χ0v) is 21.0. The summed E-state index contributed by atoms with van der Waals surface area (Å²) in [5.41, 5.74) is 1.17. The van der Waals surface area contributed by atoms with Crippen LogP contribution in [-0.4, -0.2) is 34.4 Å². The lowest BCUT2D eigenvalue weighted by atomic mass is 9.95. The first-order chi connectivity index (χ1) is 17.8. The van der Waals surface area contributed by atoms with Crippen LogP contribution in [0.15, 0.2) is 83.0 Å². The summed E-state index contributed by atoms with van der Waals surface area (Å²) in [5, 5.41) is 12.2. The number of esters is 1. The molecule has 1 aliphatic heterocycles. The van der Waals surface area contributed by atoms with E-state index < -0.39 is 29.5 Å². The summed E-state index contributed by atoms with van der Waals surface area (Å²) in [5.74, 6) is -2.86. The lowest BCUT2D eigenvalue weighted by Gasteiger charge is -2.24. The fraction of sp³-hybridized carbons (Fsp3) is 0.111. The number of aliphatic hydroxyl groups is 1. The number of aromatic nitrogens is 1. The molecule has 0 saturated heterocycles. The molecule has 1 unspecified atom stereocenters. The number of carbonyl (C=O) groups excluding carboxylic acids is 3. The summed E-state index contributed by atoms with van der Waals surface area (Å²) in [6, 6.07) is 14.1. The van der Waals surface area contributed by atoms with Gasteiger partial charge in [0.2, 0.25) is 5.78 Å². The quantitative estimate of drug-likeness (QED) is 0.176. The molecule has 0 fully saturated rings. The van der Waals surface area contributed by atoms with Crippen LogP contribution in [0.1, 0.15) is 37.5 Å². The van der Waals surface area contributed by atoms with Crippen molar-refractivity contribution in [3.8, 4) is 0 Å². The topological polar surface area (TPSA) is 110 Å². The summed E-state index contributed by atoms with van der Waals surface area (Å²) in [6.45, 7) is 5.15. The number of para-hydroxylation sites is 1. The first-order valence-electron chi connectivity index (χ1n) is 11.1. The Kier molecular flexibility index (Phi) is 6.41. The molecule has 4 aromatic rings. The second kappa shape index (κ2) is 9.68. The van der Waals surface area contributed by atoms with Gasteiger partial charge in [0, 0.05) is 10.4 Å². The standard InChI is InChI=1S/C27H19ClN2O6S/c1-3-12-35-26(34)24-14(2)29-27(37-24)30-21(15-8-10-17(28)11-9-15)20(23(32)25(30)33)22(31)19-13-16-6-4-5-7-18(16)36-19/h3-11,13,21,32H,1,12H2,2H3. The number of fused-ring (bicyclic) bond motifs is 1. The second-order valence-corrected chi connectivity index (χ2v) is 9.58. The number of rotatable bonds is 7. The van der Waals surface area contributed by atoms with Gasteiger partial charge in [0.25, 0.3) is 5.91 Å². The Labute approximate surface area is 220 Å². The third-order valence-corrected chi connectivity index (χ3v) is 7.19. The van der Waals surface area contributed by atoms with Crippen molar-refractivity contribution in [3.05, 3.63) is 106 Å². The molecule has 0 saturated carbocycles. The van der Waals surface area contributed by atoms with Crippen LogP contribution < -0.4 is 4.90 Å². The van der Waals surface area contributed by atoms with Gasteiger partial charge in [-0.2, -0.15) is 0 Å². The van der Waals surface area contributed by atoms with Crippen LogP contribution in [0, 0.1) is 6.92 Å². The molecule has 2 aromatic heterocycles. The summed E-state index contributed by atoms with van der Waals surface area (Å²) in [4.78, 5) is 45.3. The zero-order chi connectivity index (χ0) is 26.3. The highest BCUT2D eigenvalue weighted by atomic mass is 35.5. The Balaban J connectivity index is 1.61. The average molecular weight is 535 g/mol. The van der Waals surface area contributed by atoms with Crippen molar-refractivity contribution in [1.82, 2.24) is 4.98 Å². The van der Waals surface area contributed by atoms with E-state index in [-0.39, 0.29) is 27.9 Å². The van der Waals surface area contributed by atoms with E-state index in [4.69, 9.17) is 20.8 Å². The number of hydrogen-bond acceptors (Lipinski definition) is 8. The van der Waals surface area contributed by atoms with Gasteiger partial charge in [0.1, 0.15) is 17.1 Å². The minimum Gasteiger partial charge on any atom is -0.503 e. The summed E-state index contributed by atoms with van der Waals surface area (Å²) in [7, 11) is 0. The first-order valence-corrected chi connectivity index (χ1v) is 12.3. The Morgan fingerprint density at radius 1 is 1.24 bits per heavy atom. The van der Waals surface area contributed by atoms with Gasteiger partial charge in [0.15, 0.2) is 16.7 Å². The maximum absolute atomic E-state index is 13.7. The molecule has 0 radical (unpaired) electrons. The minimum atomic E-state index is -1.05. The molecule has 0 aliphatic carbocycles. The molecule has 1 atom stereocenters. The van der Waals surface area contributed by atoms with Gasteiger partial charge in [-0.15, -0.1) is 0 Å². The average Bonchev–Trinajstić information content (AvgIpc) is 3.57. The van der Waals surface area contributed by atoms with E-state index in [0.29, 0.717) is 27.2 Å². The van der Waals surface area contributed by atoms with Gasteiger partial charge in [-0.1, -0.05) is 65.9 Å². The first kappa shape index (κ1) is 24.5. The van der Waals surface area contributed by atoms with E-state index in [2.05, 4.69) is 11.6 Å². The molecular weight excluding hydrogens is 516 g/mol. The number of carbonyl (C=O) groups is 3. The molecule has 3 heterocycles. The van der Waals surface area contributed by atoms with Crippen LogP contribution in [-0.2, 0) is 9.53 Å². The van der Waals surface area contributed by atoms with E-state index in [1.807, 2.05) is 6.07 Å². The summed E-state index contributed by atoms with van der Waals surface area (Å²) >= 11 is 7.00. The van der Waals surface area contributed by atoms with Gasteiger partial charge in [-0.25, -0.2) is 9.78 Å². The lowest BCUT2D eigenvalue weighted by molar-refractivity contribution is -0.117. The SMILES string of the molecule is C=CCOC(=O)c1sc(N2C(=O)C(O)=C(C(=O)c3cc4ccccc4o3)C2c2ccc(Cl)cc2)nc1C. The van der Waals surface area contributed by atoms with Gasteiger partial charge in [-0.05, 0) is 36.8 Å². The van der Waals surface area contributed by atoms with Crippen LogP contribution >= 0.6 is 22.9 Å².